The molecule has 2 aromatic carbocycles. The molecule has 0 aliphatic rings. The molecule has 0 atom stereocenters. The van der Waals surface area contributed by atoms with Crippen molar-refractivity contribution in [1.82, 2.24) is 10.2 Å². The molecule has 0 radical (unpaired) electrons. The lowest BCUT2D eigenvalue weighted by molar-refractivity contribution is 0.0983. The van der Waals surface area contributed by atoms with E-state index >= 15 is 0 Å². The molecule has 4 nitrogen and oxygen atoms in total. The number of hydrogen-bond donors (Lipinski definition) is 0. The van der Waals surface area contributed by atoms with Crippen LogP contribution >= 0.6 is 11.3 Å². The van der Waals surface area contributed by atoms with Gasteiger partial charge in [0.2, 0.25) is 5.13 Å². The van der Waals surface area contributed by atoms with Gasteiger partial charge in [-0.1, -0.05) is 67.6 Å². The van der Waals surface area contributed by atoms with E-state index in [9.17, 15) is 4.79 Å². The van der Waals surface area contributed by atoms with Crippen molar-refractivity contribution >= 4 is 22.4 Å². The molecule has 0 aliphatic carbocycles. The lowest BCUT2D eigenvalue weighted by Gasteiger charge is -2.21. The summed E-state index contributed by atoms with van der Waals surface area (Å²) in [5.41, 5.74) is 2.87. The number of aromatic nitrogens is 2. The van der Waals surface area contributed by atoms with Crippen LogP contribution < -0.4 is 4.90 Å². The molecule has 5 heteroatoms. The Bertz CT molecular complexity index is 858. The van der Waals surface area contributed by atoms with Crippen molar-refractivity contribution in [3.8, 4) is 10.6 Å². The monoisotopic (exact) mass is 351 g/mol. The predicted octanol–water partition coefficient (Wildman–Crippen LogP) is 4.82. The zero-order valence-electron chi connectivity index (χ0n) is 14.6. The first-order valence-electron chi connectivity index (χ1n) is 8.32. The molecular weight excluding hydrogens is 330 g/mol. The highest BCUT2D eigenvalue weighted by atomic mass is 32.1. The molecule has 0 unspecified atom stereocenters. The molecule has 3 aromatic rings. The Morgan fingerprint density at radius 2 is 1.72 bits per heavy atom. The van der Waals surface area contributed by atoms with E-state index < -0.39 is 0 Å². The van der Waals surface area contributed by atoms with E-state index in [1.807, 2.05) is 48.5 Å². The van der Waals surface area contributed by atoms with E-state index in [2.05, 4.69) is 37.0 Å². The summed E-state index contributed by atoms with van der Waals surface area (Å²) in [6.45, 7) is 6.84. The van der Waals surface area contributed by atoms with Crippen LogP contribution in [0.4, 0.5) is 5.13 Å². The molecule has 0 saturated heterocycles. The molecule has 0 aliphatic heterocycles. The molecule has 25 heavy (non-hydrogen) atoms. The van der Waals surface area contributed by atoms with Gasteiger partial charge in [0, 0.05) is 17.7 Å². The van der Waals surface area contributed by atoms with Crippen LogP contribution in [-0.4, -0.2) is 22.6 Å². The zero-order valence-corrected chi connectivity index (χ0v) is 15.5. The van der Waals surface area contributed by atoms with Gasteiger partial charge in [0.15, 0.2) is 0 Å². The third kappa shape index (κ3) is 3.94. The van der Waals surface area contributed by atoms with Gasteiger partial charge in [-0.05, 0) is 30.5 Å². The van der Waals surface area contributed by atoms with Crippen molar-refractivity contribution in [2.24, 2.45) is 5.92 Å². The second-order valence-corrected chi connectivity index (χ2v) is 7.34. The minimum absolute atomic E-state index is 0.0400. The standard InChI is InChI=1S/C20H21N3OS/c1-14(2)13-23(19(24)16-10-5-4-6-11-16)20-22-21-18(25-20)17-12-8-7-9-15(17)3/h4-12,14H,13H2,1-3H3. The summed E-state index contributed by atoms with van der Waals surface area (Å²) in [4.78, 5) is 14.7. The van der Waals surface area contributed by atoms with Crippen LogP contribution in [0.15, 0.2) is 54.6 Å². The number of anilines is 1. The van der Waals surface area contributed by atoms with E-state index in [1.165, 1.54) is 11.3 Å². The Morgan fingerprint density at radius 3 is 2.40 bits per heavy atom. The van der Waals surface area contributed by atoms with Crippen molar-refractivity contribution in [2.75, 3.05) is 11.4 Å². The molecule has 1 amide bonds. The Kier molecular flexibility index (Phi) is 5.24. The van der Waals surface area contributed by atoms with Crippen LogP contribution in [0, 0.1) is 12.8 Å². The maximum absolute atomic E-state index is 13.0. The number of nitrogens with zero attached hydrogens (tertiary/aromatic N) is 3. The van der Waals surface area contributed by atoms with E-state index in [0.29, 0.717) is 23.2 Å². The van der Waals surface area contributed by atoms with Crippen LogP contribution in [-0.2, 0) is 0 Å². The van der Waals surface area contributed by atoms with Gasteiger partial charge in [-0.25, -0.2) is 0 Å². The fraction of sp³-hybridized carbons (Fsp3) is 0.250. The topological polar surface area (TPSA) is 46.1 Å². The minimum atomic E-state index is -0.0400. The average molecular weight is 351 g/mol. The first-order chi connectivity index (χ1) is 12.1. The fourth-order valence-electron chi connectivity index (χ4n) is 2.60. The van der Waals surface area contributed by atoms with Crippen molar-refractivity contribution < 1.29 is 4.79 Å². The molecule has 0 bridgehead atoms. The molecule has 3 rings (SSSR count). The first kappa shape index (κ1) is 17.3. The maximum atomic E-state index is 13.0. The second kappa shape index (κ2) is 7.57. The molecule has 0 N–H and O–H groups in total. The highest BCUT2D eigenvalue weighted by Gasteiger charge is 2.23. The first-order valence-corrected chi connectivity index (χ1v) is 9.14. The van der Waals surface area contributed by atoms with E-state index in [1.54, 1.807) is 4.90 Å². The smallest absolute Gasteiger partial charge is 0.260 e. The fourth-order valence-corrected chi connectivity index (χ4v) is 3.54. The second-order valence-electron chi connectivity index (χ2n) is 6.38. The molecule has 0 spiro atoms. The normalized spacial score (nSPS) is 10.9. The zero-order chi connectivity index (χ0) is 17.8. The van der Waals surface area contributed by atoms with Gasteiger partial charge in [-0.3, -0.25) is 9.69 Å². The molecule has 1 aromatic heterocycles. The van der Waals surface area contributed by atoms with Crippen LogP contribution in [0.25, 0.3) is 10.6 Å². The molecule has 128 valence electrons. The Morgan fingerprint density at radius 1 is 1.04 bits per heavy atom. The third-order valence-corrected chi connectivity index (χ3v) is 4.81. The summed E-state index contributed by atoms with van der Waals surface area (Å²) in [6, 6.07) is 17.4. The van der Waals surface area contributed by atoms with Crippen LogP contribution in [0.5, 0.6) is 0 Å². The SMILES string of the molecule is Cc1ccccc1-c1nnc(N(CC(C)C)C(=O)c2ccccc2)s1. The van der Waals surface area contributed by atoms with Gasteiger partial charge in [-0.15, -0.1) is 10.2 Å². The Labute approximate surface area is 152 Å². The van der Waals surface area contributed by atoms with Gasteiger partial charge in [0.05, 0.1) is 0 Å². The Balaban J connectivity index is 1.95. The summed E-state index contributed by atoms with van der Waals surface area (Å²) in [5.74, 6) is 0.292. The largest absolute Gasteiger partial charge is 0.282 e. The van der Waals surface area contributed by atoms with Crippen LogP contribution in [0.1, 0.15) is 29.8 Å². The van der Waals surface area contributed by atoms with Gasteiger partial charge in [0.1, 0.15) is 5.01 Å². The molecular formula is C20H21N3OS. The van der Waals surface area contributed by atoms with E-state index in [0.717, 1.165) is 16.1 Å². The summed E-state index contributed by atoms with van der Waals surface area (Å²) in [5, 5.41) is 10.1. The summed E-state index contributed by atoms with van der Waals surface area (Å²) < 4.78 is 0. The maximum Gasteiger partial charge on any atom is 0.260 e. The summed E-state index contributed by atoms with van der Waals surface area (Å²) in [7, 11) is 0. The number of amides is 1. The Hall–Kier alpha value is -2.53. The molecule has 0 fully saturated rings. The number of benzene rings is 2. The number of rotatable bonds is 5. The quantitative estimate of drug-likeness (QED) is 0.662. The summed E-state index contributed by atoms with van der Waals surface area (Å²) in [6.07, 6.45) is 0. The van der Waals surface area contributed by atoms with Crippen LogP contribution in [0.2, 0.25) is 0 Å². The van der Waals surface area contributed by atoms with Crippen LogP contribution in [0.3, 0.4) is 0 Å². The number of aryl methyl sites for hydroxylation is 1. The van der Waals surface area contributed by atoms with E-state index in [-0.39, 0.29) is 5.91 Å². The highest BCUT2D eigenvalue weighted by Crippen LogP contribution is 2.31. The molecule has 1 heterocycles. The number of carbonyl (C=O) groups excluding carboxylic acids is 1. The number of hydrogen-bond acceptors (Lipinski definition) is 4. The van der Waals surface area contributed by atoms with Gasteiger partial charge in [0.25, 0.3) is 5.91 Å². The lowest BCUT2D eigenvalue weighted by Crippen LogP contribution is -2.34. The summed E-state index contributed by atoms with van der Waals surface area (Å²) >= 11 is 1.46. The highest BCUT2D eigenvalue weighted by molar-refractivity contribution is 7.18. The van der Waals surface area contributed by atoms with Gasteiger partial charge >= 0.3 is 0 Å². The average Bonchev–Trinajstić information content (AvgIpc) is 3.09. The third-order valence-electron chi connectivity index (χ3n) is 3.83. The van der Waals surface area contributed by atoms with Crippen molar-refractivity contribution in [1.29, 1.82) is 0 Å². The number of carbonyl (C=O) groups is 1. The minimum Gasteiger partial charge on any atom is -0.282 e. The van der Waals surface area contributed by atoms with Gasteiger partial charge in [-0.2, -0.15) is 0 Å². The van der Waals surface area contributed by atoms with Crippen molar-refractivity contribution in [3.05, 3.63) is 65.7 Å². The van der Waals surface area contributed by atoms with Gasteiger partial charge < -0.3 is 0 Å². The van der Waals surface area contributed by atoms with E-state index in [4.69, 9.17) is 0 Å². The molecule has 0 saturated carbocycles. The van der Waals surface area contributed by atoms with Crippen molar-refractivity contribution in [2.45, 2.75) is 20.8 Å². The predicted molar refractivity (Wildman–Crippen MR) is 103 cm³/mol. The lowest BCUT2D eigenvalue weighted by atomic mass is 10.1. The van der Waals surface area contributed by atoms with Crippen molar-refractivity contribution in [3.63, 3.8) is 0 Å².